The topological polar surface area (TPSA) is 97.7 Å². The molecule has 0 aliphatic heterocycles. The van der Waals surface area contributed by atoms with Crippen molar-refractivity contribution in [1.29, 1.82) is 0 Å². The second kappa shape index (κ2) is 11.7. The smallest absolute Gasteiger partial charge is 0.369 e. The predicted molar refractivity (Wildman–Crippen MR) is 143 cm³/mol. The Kier molecular flexibility index (Phi) is 8.18. The van der Waals surface area contributed by atoms with Crippen molar-refractivity contribution in [3.8, 4) is 28.7 Å². The number of nitrogens with zero attached hydrogens (tertiary/aromatic N) is 2. The van der Waals surface area contributed by atoms with E-state index in [2.05, 4.69) is 10.1 Å². The van der Waals surface area contributed by atoms with Gasteiger partial charge in [0.1, 0.15) is 22.7 Å². The maximum atomic E-state index is 13.0. The highest BCUT2D eigenvalue weighted by atomic mass is 35.5. The highest BCUT2D eigenvalue weighted by molar-refractivity contribution is 6.31. The Morgan fingerprint density at radius 2 is 1.37 bits per heavy atom. The van der Waals surface area contributed by atoms with Crippen molar-refractivity contribution in [3.05, 3.63) is 82.6 Å². The third-order valence-corrected chi connectivity index (χ3v) is 5.99. The molecule has 0 aliphatic rings. The van der Waals surface area contributed by atoms with Crippen LogP contribution in [0.1, 0.15) is 21.6 Å². The summed E-state index contributed by atoms with van der Waals surface area (Å²) >= 11 is 6.10. The number of rotatable bonds is 9. The molecule has 38 heavy (non-hydrogen) atoms. The fraction of sp³-hybridized carbons (Fsp3) is 0.179. The highest BCUT2D eigenvalue weighted by Gasteiger charge is 2.20. The second-order valence-corrected chi connectivity index (χ2v) is 8.26. The van der Waals surface area contributed by atoms with Gasteiger partial charge in [-0.3, -0.25) is 4.98 Å². The second-order valence-electron chi connectivity index (χ2n) is 7.82. The van der Waals surface area contributed by atoms with Crippen LogP contribution in [0.2, 0.25) is 5.02 Å². The van der Waals surface area contributed by atoms with Crippen LogP contribution in [-0.2, 0) is 4.84 Å². The van der Waals surface area contributed by atoms with Gasteiger partial charge < -0.3 is 28.5 Å². The molecule has 0 unspecified atom stereocenters. The Hall–Kier alpha value is -4.50. The van der Waals surface area contributed by atoms with Gasteiger partial charge in [-0.2, -0.15) is 0 Å². The summed E-state index contributed by atoms with van der Waals surface area (Å²) in [4.78, 5) is 23.0. The molecule has 1 aromatic heterocycles. The molecule has 10 heteroatoms. The fourth-order valence-corrected chi connectivity index (χ4v) is 4.05. The third-order valence-electron chi connectivity index (χ3n) is 5.75. The molecule has 0 atom stereocenters. The van der Waals surface area contributed by atoms with Crippen molar-refractivity contribution in [2.45, 2.75) is 0 Å². The maximum absolute atomic E-state index is 13.0. The van der Waals surface area contributed by atoms with Crippen LogP contribution in [0.15, 0.2) is 65.9 Å². The van der Waals surface area contributed by atoms with E-state index in [0.29, 0.717) is 50.4 Å². The SMILES string of the molecule is COc1ccc(/C(=N\OC(=O)c2cc(Cl)ccc2OC)c2nccc3cc(OC)c(OC)cc23)cc1OC. The first-order valence-electron chi connectivity index (χ1n) is 11.3. The van der Waals surface area contributed by atoms with Crippen LogP contribution in [-0.4, -0.2) is 52.2 Å². The van der Waals surface area contributed by atoms with Gasteiger partial charge in [0.15, 0.2) is 23.0 Å². The largest absolute Gasteiger partial charge is 0.496 e. The van der Waals surface area contributed by atoms with Crippen LogP contribution in [0.25, 0.3) is 10.8 Å². The first-order chi connectivity index (χ1) is 18.4. The number of methoxy groups -OCH3 is 5. The summed E-state index contributed by atoms with van der Waals surface area (Å²) in [6.07, 6.45) is 1.63. The summed E-state index contributed by atoms with van der Waals surface area (Å²) in [5, 5.41) is 6.11. The summed E-state index contributed by atoms with van der Waals surface area (Å²) < 4.78 is 27.1. The molecule has 0 radical (unpaired) electrons. The Labute approximate surface area is 224 Å². The average Bonchev–Trinajstić information content (AvgIpc) is 2.96. The van der Waals surface area contributed by atoms with Gasteiger partial charge in [-0.05, 0) is 60.0 Å². The standard InChI is InChI=1S/C28H25ClN2O7/c1-33-21-9-7-18(29)14-20(21)28(32)38-31-26(17-6-8-22(34-2)23(13-17)35-3)27-19-15-25(37-5)24(36-4)12-16(19)10-11-30-27/h6-15H,1-5H3/b31-26+. The summed E-state index contributed by atoms with van der Waals surface area (Å²) in [6.45, 7) is 0. The third kappa shape index (κ3) is 5.28. The van der Waals surface area contributed by atoms with Gasteiger partial charge in [-0.25, -0.2) is 4.79 Å². The average molecular weight is 537 g/mol. The van der Waals surface area contributed by atoms with E-state index in [9.17, 15) is 4.79 Å². The zero-order valence-electron chi connectivity index (χ0n) is 21.4. The van der Waals surface area contributed by atoms with E-state index < -0.39 is 5.97 Å². The monoisotopic (exact) mass is 536 g/mol. The molecule has 0 bridgehead atoms. The van der Waals surface area contributed by atoms with E-state index >= 15 is 0 Å². The Morgan fingerprint density at radius 3 is 2.05 bits per heavy atom. The summed E-state index contributed by atoms with van der Waals surface area (Å²) in [5.41, 5.74) is 1.37. The molecule has 0 saturated carbocycles. The number of carbonyl (C=O) groups is 1. The van der Waals surface area contributed by atoms with Crippen molar-refractivity contribution in [2.75, 3.05) is 35.5 Å². The van der Waals surface area contributed by atoms with Gasteiger partial charge in [0.05, 0.1) is 35.5 Å². The van der Waals surface area contributed by atoms with Gasteiger partial charge in [0.2, 0.25) is 0 Å². The van der Waals surface area contributed by atoms with Crippen LogP contribution in [0.3, 0.4) is 0 Å². The lowest BCUT2D eigenvalue weighted by molar-refractivity contribution is 0.0513. The molecule has 196 valence electrons. The molecule has 1 heterocycles. The van der Waals surface area contributed by atoms with Crippen LogP contribution in [0.4, 0.5) is 0 Å². The molecular formula is C28H25ClN2O7. The van der Waals surface area contributed by atoms with Crippen LogP contribution in [0, 0.1) is 0 Å². The molecule has 9 nitrogen and oxygen atoms in total. The zero-order chi connectivity index (χ0) is 27.2. The lowest BCUT2D eigenvalue weighted by Crippen LogP contribution is -2.11. The first-order valence-corrected chi connectivity index (χ1v) is 11.7. The summed E-state index contributed by atoms with van der Waals surface area (Å²) in [7, 11) is 7.62. The number of benzene rings is 3. The van der Waals surface area contributed by atoms with E-state index in [1.165, 1.54) is 20.3 Å². The number of hydrogen-bond acceptors (Lipinski definition) is 9. The van der Waals surface area contributed by atoms with Crippen molar-refractivity contribution in [1.82, 2.24) is 4.98 Å². The van der Waals surface area contributed by atoms with E-state index in [1.54, 1.807) is 63.9 Å². The van der Waals surface area contributed by atoms with Crippen molar-refractivity contribution < 1.29 is 33.3 Å². The number of carbonyl (C=O) groups excluding carboxylic acids is 1. The molecule has 4 rings (SSSR count). The normalized spacial score (nSPS) is 11.2. The number of halogens is 1. The lowest BCUT2D eigenvalue weighted by Gasteiger charge is -2.14. The van der Waals surface area contributed by atoms with Gasteiger partial charge in [0, 0.05) is 22.2 Å². The number of fused-ring (bicyclic) bond motifs is 1. The number of aromatic nitrogens is 1. The van der Waals surface area contributed by atoms with E-state index in [4.69, 9.17) is 40.1 Å². The van der Waals surface area contributed by atoms with Crippen molar-refractivity contribution in [3.63, 3.8) is 0 Å². The van der Waals surface area contributed by atoms with Gasteiger partial charge >= 0.3 is 5.97 Å². The van der Waals surface area contributed by atoms with E-state index in [-0.39, 0.29) is 11.3 Å². The minimum absolute atomic E-state index is 0.118. The quantitative estimate of drug-likeness (QED) is 0.156. The molecule has 0 aliphatic carbocycles. The first kappa shape index (κ1) is 26.6. The van der Waals surface area contributed by atoms with Gasteiger partial charge in [-0.1, -0.05) is 16.8 Å². The fourth-order valence-electron chi connectivity index (χ4n) is 3.88. The Bertz CT molecular complexity index is 1520. The Balaban J connectivity index is 1.90. The van der Waals surface area contributed by atoms with Crippen molar-refractivity contribution in [2.24, 2.45) is 5.16 Å². The van der Waals surface area contributed by atoms with Crippen LogP contribution in [0.5, 0.6) is 28.7 Å². The molecule has 4 aromatic rings. The summed E-state index contributed by atoms with van der Waals surface area (Å²) in [6, 6.07) is 15.3. The van der Waals surface area contributed by atoms with Gasteiger partial charge in [0.25, 0.3) is 0 Å². The zero-order valence-corrected chi connectivity index (χ0v) is 22.2. The highest BCUT2D eigenvalue weighted by Crippen LogP contribution is 2.35. The maximum Gasteiger partial charge on any atom is 0.369 e. The number of ether oxygens (including phenoxy) is 5. The molecular weight excluding hydrogens is 512 g/mol. The van der Waals surface area contributed by atoms with E-state index in [0.717, 1.165) is 5.39 Å². The van der Waals surface area contributed by atoms with Gasteiger partial charge in [-0.15, -0.1) is 0 Å². The van der Waals surface area contributed by atoms with Crippen LogP contribution >= 0.6 is 11.6 Å². The summed E-state index contributed by atoms with van der Waals surface area (Å²) in [5.74, 6) is 1.57. The minimum Gasteiger partial charge on any atom is -0.496 e. The van der Waals surface area contributed by atoms with Crippen molar-refractivity contribution >= 4 is 34.1 Å². The minimum atomic E-state index is -0.762. The number of oxime groups is 1. The Morgan fingerprint density at radius 1 is 0.737 bits per heavy atom. The number of hydrogen-bond donors (Lipinski definition) is 0. The predicted octanol–water partition coefficient (Wildman–Crippen LogP) is 5.54. The molecule has 0 N–H and O–H groups in total. The van der Waals surface area contributed by atoms with Crippen LogP contribution < -0.4 is 23.7 Å². The molecule has 0 spiro atoms. The van der Waals surface area contributed by atoms with E-state index in [1.807, 2.05) is 12.1 Å². The molecule has 0 fully saturated rings. The lowest BCUT2D eigenvalue weighted by atomic mass is 10.0. The number of pyridine rings is 1. The molecule has 0 amide bonds. The molecule has 0 saturated heterocycles. The molecule has 3 aromatic carbocycles.